The third-order valence-corrected chi connectivity index (χ3v) is 18.6. The molecule has 9 atom stereocenters. The van der Waals surface area contributed by atoms with Crippen molar-refractivity contribution in [2.75, 3.05) is 27.4 Å². The van der Waals surface area contributed by atoms with Gasteiger partial charge in [-0.2, -0.15) is 0 Å². The highest BCUT2D eigenvalue weighted by Crippen LogP contribution is 2.58. The topological polar surface area (TPSA) is 180 Å². The Morgan fingerprint density at radius 2 is 1.24 bits per heavy atom. The van der Waals surface area contributed by atoms with Crippen molar-refractivity contribution in [3.8, 4) is 0 Å². The third kappa shape index (κ3) is 10.4. The summed E-state index contributed by atoms with van der Waals surface area (Å²) in [5.41, 5.74) is -0.645. The van der Waals surface area contributed by atoms with Crippen molar-refractivity contribution in [1.82, 2.24) is 18.3 Å². The minimum absolute atomic E-state index is 0.0467. The summed E-state index contributed by atoms with van der Waals surface area (Å²) < 4.78 is 66.5. The predicted octanol–water partition coefficient (Wildman–Crippen LogP) is 4.25. The summed E-state index contributed by atoms with van der Waals surface area (Å²) in [6.45, 7) is 6.52. The lowest BCUT2D eigenvalue weighted by Gasteiger charge is -2.40. The van der Waals surface area contributed by atoms with E-state index in [1.54, 1.807) is 0 Å². The molecule has 3 aliphatic heterocycles. The fourth-order valence-corrected chi connectivity index (χ4v) is 10.7. The Labute approximate surface area is 370 Å². The van der Waals surface area contributed by atoms with Crippen molar-refractivity contribution in [1.29, 1.82) is 0 Å². The molecule has 2 aromatic heterocycles. The lowest BCUT2D eigenvalue weighted by atomic mass is 10.1. The van der Waals surface area contributed by atoms with E-state index in [4.69, 9.17) is 58.2 Å². The molecule has 0 bridgehead atoms. The lowest BCUT2D eigenvalue weighted by Crippen LogP contribution is -2.50. The molecule has 21 heteroatoms. The molecule has 0 radical (unpaired) electrons. The van der Waals surface area contributed by atoms with E-state index in [0.717, 1.165) is 20.3 Å². The van der Waals surface area contributed by atoms with E-state index in [0.29, 0.717) is 0 Å². The van der Waals surface area contributed by atoms with E-state index in [2.05, 4.69) is 33.9 Å². The SMILES string of the molecule is CO[C@@H]1[C@H](O[Si](C)(C)C(C)(C)C)[C@@H](COP2(=S)OC[C@H]3O[C@@H](n4ccc(=O)n(COCc5ccccc5)c4=O)[C@H](OC)[C@@H]3O2)O[C@H]1n1ccc(=O)n(COCc2ccccc2)c1=O. The Morgan fingerprint density at radius 3 is 1.73 bits per heavy atom. The molecule has 63 heavy (non-hydrogen) atoms. The molecular weight excluding hydrogens is 876 g/mol. The number of ether oxygens (including phenoxy) is 6. The van der Waals surface area contributed by atoms with Gasteiger partial charge in [-0.3, -0.25) is 23.2 Å². The smallest absolute Gasteiger partial charge is 0.335 e. The van der Waals surface area contributed by atoms with Gasteiger partial charge in [0, 0.05) is 38.7 Å². The van der Waals surface area contributed by atoms with Gasteiger partial charge in [0.1, 0.15) is 50.1 Å². The van der Waals surface area contributed by atoms with Crippen molar-refractivity contribution in [3.63, 3.8) is 0 Å². The van der Waals surface area contributed by atoms with Crippen LogP contribution in [0.5, 0.6) is 0 Å². The van der Waals surface area contributed by atoms with Crippen LogP contribution in [0.2, 0.25) is 18.1 Å². The second-order valence-electron chi connectivity index (χ2n) is 17.0. The van der Waals surface area contributed by atoms with Crippen molar-refractivity contribution in [2.45, 2.75) is 115 Å². The average Bonchev–Trinajstić information content (AvgIpc) is 3.78. The van der Waals surface area contributed by atoms with Crippen molar-refractivity contribution in [2.24, 2.45) is 0 Å². The average molecular weight is 931 g/mol. The Hall–Kier alpha value is -3.73. The first-order valence-corrected chi connectivity index (χ1v) is 26.0. The van der Waals surface area contributed by atoms with Gasteiger partial charge >= 0.3 is 18.1 Å². The fraction of sp³-hybridized carbons (Fsp3) is 0.524. The highest BCUT2D eigenvalue weighted by molar-refractivity contribution is 8.07. The maximum absolute atomic E-state index is 14.0. The number of aromatic nitrogens is 4. The second-order valence-corrected chi connectivity index (χ2v) is 24.7. The summed E-state index contributed by atoms with van der Waals surface area (Å²) in [4.78, 5) is 53.5. The summed E-state index contributed by atoms with van der Waals surface area (Å²) >= 11 is 5.91. The first-order chi connectivity index (χ1) is 30.0. The Kier molecular flexibility index (Phi) is 14.8. The molecule has 3 saturated heterocycles. The van der Waals surface area contributed by atoms with Gasteiger partial charge in [0.25, 0.3) is 11.1 Å². The van der Waals surface area contributed by atoms with Crippen molar-refractivity contribution < 1.29 is 46.4 Å². The van der Waals surface area contributed by atoms with E-state index in [1.807, 2.05) is 60.7 Å². The minimum atomic E-state index is -3.55. The summed E-state index contributed by atoms with van der Waals surface area (Å²) in [6.07, 6.45) is -4.18. The van der Waals surface area contributed by atoms with Crippen LogP contribution in [0.4, 0.5) is 0 Å². The van der Waals surface area contributed by atoms with Crippen LogP contribution in [0.1, 0.15) is 44.4 Å². The van der Waals surface area contributed by atoms with Gasteiger partial charge in [0.15, 0.2) is 20.8 Å². The maximum Gasteiger partial charge on any atom is 0.335 e. The lowest BCUT2D eigenvalue weighted by molar-refractivity contribution is -0.0772. The quantitative estimate of drug-likeness (QED) is 0.108. The van der Waals surface area contributed by atoms with Gasteiger partial charge in [-0.25, -0.2) is 18.7 Å². The first kappa shape index (κ1) is 47.2. The van der Waals surface area contributed by atoms with Crippen molar-refractivity contribution >= 4 is 26.8 Å². The maximum atomic E-state index is 14.0. The van der Waals surface area contributed by atoms with E-state index in [9.17, 15) is 19.2 Å². The Balaban J connectivity index is 1.08. The van der Waals surface area contributed by atoms with Gasteiger partial charge in [-0.05, 0) is 41.1 Å². The number of nitrogens with zero attached hydrogens (tertiary/aromatic N) is 4. The van der Waals surface area contributed by atoms with E-state index in [1.165, 1.54) is 47.9 Å². The molecule has 0 N–H and O–H groups in total. The number of methoxy groups -OCH3 is 2. The largest absolute Gasteiger partial charge is 0.408 e. The van der Waals surface area contributed by atoms with Crippen molar-refractivity contribution in [3.05, 3.63) is 138 Å². The molecule has 5 heterocycles. The van der Waals surface area contributed by atoms with Crippen LogP contribution >= 0.6 is 6.72 Å². The monoisotopic (exact) mass is 930 g/mol. The van der Waals surface area contributed by atoms with E-state index >= 15 is 0 Å². The standard InChI is InChI=1S/C42H55N4O14PSSi/c1-42(2,3)63(6,7)60-35-31(58-39(37(35)52-5)44-21-19-33(48)46(41(44)50)27-54-23-29-16-12-9-13-17-29)25-56-61(62)55-24-30-34(59-61)36(51-4)38(57-30)43-20-18-32(47)45(40(43)49)26-53-22-28-14-10-8-11-15-28/h8-21,30-31,34-39H,22-27H2,1-7H3/t30-,31-,34-,35-,36-,37-,38-,39-,61?/m1/s1. The summed E-state index contributed by atoms with van der Waals surface area (Å²) in [6, 6.07) is 21.3. The van der Waals surface area contributed by atoms with Gasteiger partial charge < -0.3 is 41.9 Å². The summed E-state index contributed by atoms with van der Waals surface area (Å²) in [5, 5.41) is -0.218. The molecule has 342 valence electrons. The summed E-state index contributed by atoms with van der Waals surface area (Å²) in [5.74, 6) is 0. The second kappa shape index (κ2) is 19.8. The molecule has 3 aliphatic rings. The number of benzene rings is 2. The Bertz CT molecular complexity index is 2480. The van der Waals surface area contributed by atoms with Gasteiger partial charge in [0.05, 0.1) is 26.4 Å². The Morgan fingerprint density at radius 1 is 0.730 bits per heavy atom. The number of rotatable bonds is 17. The molecule has 7 rings (SSSR count). The molecule has 0 saturated carbocycles. The predicted molar refractivity (Wildman–Crippen MR) is 235 cm³/mol. The van der Waals surface area contributed by atoms with Gasteiger partial charge in [-0.1, -0.05) is 81.4 Å². The molecule has 1 unspecified atom stereocenters. The molecule has 2 aromatic carbocycles. The van der Waals surface area contributed by atoms with Crippen LogP contribution in [-0.4, -0.2) is 90.6 Å². The van der Waals surface area contributed by atoms with Crippen LogP contribution in [-0.2, 0) is 84.9 Å². The number of hydrogen-bond acceptors (Lipinski definition) is 15. The molecule has 18 nitrogen and oxygen atoms in total. The molecule has 3 fully saturated rings. The highest BCUT2D eigenvalue weighted by atomic mass is 32.5. The van der Waals surface area contributed by atoms with Crippen LogP contribution < -0.4 is 22.5 Å². The molecule has 0 spiro atoms. The van der Waals surface area contributed by atoms with E-state index in [-0.39, 0.29) is 44.9 Å². The van der Waals surface area contributed by atoms with E-state index < -0.39 is 86.6 Å². The fourth-order valence-electron chi connectivity index (χ4n) is 7.34. The van der Waals surface area contributed by atoms with Crippen LogP contribution in [0, 0.1) is 0 Å². The first-order valence-electron chi connectivity index (χ1n) is 20.5. The number of fused-ring (bicyclic) bond motifs is 1. The zero-order valence-electron chi connectivity index (χ0n) is 36.3. The molecule has 0 amide bonds. The summed E-state index contributed by atoms with van der Waals surface area (Å²) in [7, 11) is 0.432. The molecular formula is C42H55N4O14PSSi. The molecule has 0 aliphatic carbocycles. The van der Waals surface area contributed by atoms with Gasteiger partial charge in [-0.15, -0.1) is 0 Å². The normalized spacial score (nSPS) is 27.4. The van der Waals surface area contributed by atoms with Crippen LogP contribution in [0.3, 0.4) is 0 Å². The molecule has 4 aromatic rings. The zero-order valence-corrected chi connectivity index (χ0v) is 39.0. The van der Waals surface area contributed by atoms with Crippen LogP contribution in [0.25, 0.3) is 0 Å². The number of hydrogen-bond donors (Lipinski definition) is 0. The van der Waals surface area contributed by atoms with Crippen LogP contribution in [0.15, 0.2) is 104 Å². The highest BCUT2D eigenvalue weighted by Gasteiger charge is 2.55. The third-order valence-electron chi connectivity index (χ3n) is 11.8. The van der Waals surface area contributed by atoms with Gasteiger partial charge in [0.2, 0.25) is 0 Å². The zero-order chi connectivity index (χ0) is 45.1. The minimum Gasteiger partial charge on any atom is -0.408 e.